The summed E-state index contributed by atoms with van der Waals surface area (Å²) in [5, 5.41) is 7.62. The number of nitrogens with zero attached hydrogens (tertiary/aromatic N) is 4. The fraction of sp³-hybridized carbons (Fsp3) is 0.250. The van der Waals surface area contributed by atoms with Gasteiger partial charge in [-0.2, -0.15) is 0 Å². The van der Waals surface area contributed by atoms with Crippen molar-refractivity contribution in [1.29, 1.82) is 0 Å². The van der Waals surface area contributed by atoms with Gasteiger partial charge in [-0.15, -0.1) is 0 Å². The molecule has 4 rings (SSSR count). The summed E-state index contributed by atoms with van der Waals surface area (Å²) in [6, 6.07) is 13.1. The Morgan fingerprint density at radius 3 is 2.57 bits per heavy atom. The summed E-state index contributed by atoms with van der Waals surface area (Å²) in [6.07, 6.45) is 1.58. The van der Waals surface area contributed by atoms with Crippen molar-refractivity contribution in [2.75, 3.05) is 36.4 Å². The van der Waals surface area contributed by atoms with Crippen LogP contribution in [0.25, 0.3) is 0 Å². The molecule has 1 saturated heterocycles. The van der Waals surface area contributed by atoms with Crippen LogP contribution < -0.4 is 10.2 Å². The van der Waals surface area contributed by atoms with Gasteiger partial charge in [0, 0.05) is 49.2 Å². The van der Waals surface area contributed by atoms with Gasteiger partial charge in [0.1, 0.15) is 11.6 Å². The van der Waals surface area contributed by atoms with E-state index in [1.54, 1.807) is 24.4 Å². The molecule has 1 aliphatic rings. The molecule has 0 saturated carbocycles. The summed E-state index contributed by atoms with van der Waals surface area (Å²) >= 11 is 6.08. The molecule has 0 radical (unpaired) electrons. The standard InChI is InChI=1S/C20H20ClN5O2/c1-14-11-19(24-28-14)23-18-6-5-15(13-22-18)20(27)26-9-7-25(8-10-26)17-4-2-3-16(21)12-17/h2-6,11-13H,7-10H2,1H3,(H,22,23,24). The van der Waals surface area contributed by atoms with Gasteiger partial charge in [-0.05, 0) is 37.3 Å². The lowest BCUT2D eigenvalue weighted by molar-refractivity contribution is 0.0746. The van der Waals surface area contributed by atoms with Crippen LogP contribution in [-0.4, -0.2) is 47.1 Å². The Labute approximate surface area is 167 Å². The van der Waals surface area contributed by atoms with E-state index in [0.29, 0.717) is 36.0 Å². The molecule has 8 heteroatoms. The Morgan fingerprint density at radius 1 is 1.11 bits per heavy atom. The zero-order chi connectivity index (χ0) is 19.5. The Hall–Kier alpha value is -3.06. The second kappa shape index (κ2) is 7.90. The fourth-order valence-electron chi connectivity index (χ4n) is 3.17. The van der Waals surface area contributed by atoms with Crippen LogP contribution in [0.1, 0.15) is 16.1 Å². The highest BCUT2D eigenvalue weighted by molar-refractivity contribution is 6.30. The van der Waals surface area contributed by atoms with E-state index in [9.17, 15) is 4.79 Å². The normalized spacial score (nSPS) is 14.2. The van der Waals surface area contributed by atoms with E-state index >= 15 is 0 Å². The first-order valence-corrected chi connectivity index (χ1v) is 9.42. The van der Waals surface area contributed by atoms with E-state index in [1.807, 2.05) is 36.1 Å². The van der Waals surface area contributed by atoms with Crippen molar-refractivity contribution in [2.45, 2.75) is 6.92 Å². The van der Waals surface area contributed by atoms with Crippen LogP contribution in [0, 0.1) is 6.92 Å². The number of piperazine rings is 1. The van der Waals surface area contributed by atoms with E-state index < -0.39 is 0 Å². The maximum Gasteiger partial charge on any atom is 0.255 e. The number of amides is 1. The zero-order valence-electron chi connectivity index (χ0n) is 15.4. The average molecular weight is 398 g/mol. The molecule has 1 aliphatic heterocycles. The molecule has 1 aromatic carbocycles. The van der Waals surface area contributed by atoms with Crippen LogP contribution >= 0.6 is 11.6 Å². The van der Waals surface area contributed by atoms with Crippen LogP contribution in [0.5, 0.6) is 0 Å². The molecule has 2 aromatic heterocycles. The second-order valence-corrected chi connectivity index (χ2v) is 7.08. The smallest absolute Gasteiger partial charge is 0.255 e. The number of benzene rings is 1. The van der Waals surface area contributed by atoms with Crippen LogP contribution in [0.2, 0.25) is 5.02 Å². The van der Waals surface area contributed by atoms with Crippen molar-refractivity contribution in [3.63, 3.8) is 0 Å². The molecule has 3 heterocycles. The van der Waals surface area contributed by atoms with Gasteiger partial charge in [-0.1, -0.05) is 22.8 Å². The molecule has 0 atom stereocenters. The van der Waals surface area contributed by atoms with Crippen molar-refractivity contribution < 1.29 is 9.32 Å². The number of hydrogen-bond acceptors (Lipinski definition) is 6. The number of carbonyl (C=O) groups excluding carboxylic acids is 1. The molecular formula is C20H20ClN5O2. The van der Waals surface area contributed by atoms with Crippen LogP contribution in [0.3, 0.4) is 0 Å². The highest BCUT2D eigenvalue weighted by Gasteiger charge is 2.22. The molecule has 0 spiro atoms. The molecule has 7 nitrogen and oxygen atoms in total. The molecule has 1 fully saturated rings. The topological polar surface area (TPSA) is 74.5 Å². The molecule has 0 bridgehead atoms. The lowest BCUT2D eigenvalue weighted by Gasteiger charge is -2.36. The molecular weight excluding hydrogens is 378 g/mol. The SMILES string of the molecule is Cc1cc(Nc2ccc(C(=O)N3CCN(c4cccc(Cl)c4)CC3)cn2)no1. The molecule has 1 amide bonds. The van der Waals surface area contributed by atoms with Crippen molar-refractivity contribution in [3.8, 4) is 0 Å². The number of halogens is 1. The van der Waals surface area contributed by atoms with Crippen LogP contribution in [0.15, 0.2) is 53.2 Å². The van der Waals surface area contributed by atoms with Gasteiger partial charge in [0.2, 0.25) is 0 Å². The molecule has 0 aliphatic carbocycles. The third-order valence-electron chi connectivity index (χ3n) is 4.63. The Balaban J connectivity index is 1.36. The van der Waals surface area contributed by atoms with E-state index in [0.717, 1.165) is 23.8 Å². The minimum absolute atomic E-state index is 0.0120. The lowest BCUT2D eigenvalue weighted by Crippen LogP contribution is -2.48. The van der Waals surface area contributed by atoms with Gasteiger partial charge in [0.25, 0.3) is 5.91 Å². The summed E-state index contributed by atoms with van der Waals surface area (Å²) in [4.78, 5) is 21.2. The lowest BCUT2D eigenvalue weighted by atomic mass is 10.2. The van der Waals surface area contributed by atoms with Crippen molar-refractivity contribution >= 4 is 34.8 Å². The van der Waals surface area contributed by atoms with E-state index in [2.05, 4.69) is 20.4 Å². The Kier molecular flexibility index (Phi) is 5.16. The van der Waals surface area contributed by atoms with Gasteiger partial charge < -0.3 is 19.6 Å². The number of aromatic nitrogens is 2. The van der Waals surface area contributed by atoms with Gasteiger partial charge in [-0.3, -0.25) is 4.79 Å². The monoisotopic (exact) mass is 397 g/mol. The van der Waals surface area contributed by atoms with Crippen molar-refractivity contribution in [2.24, 2.45) is 0 Å². The summed E-state index contributed by atoms with van der Waals surface area (Å²) in [5.74, 6) is 1.89. The third-order valence-corrected chi connectivity index (χ3v) is 4.87. The van der Waals surface area contributed by atoms with Gasteiger partial charge in [0.05, 0.1) is 5.56 Å². The fourth-order valence-corrected chi connectivity index (χ4v) is 3.36. The van der Waals surface area contributed by atoms with E-state index in [-0.39, 0.29) is 5.91 Å². The molecule has 0 unspecified atom stereocenters. The van der Waals surface area contributed by atoms with Gasteiger partial charge in [0.15, 0.2) is 5.82 Å². The maximum absolute atomic E-state index is 12.8. The summed E-state index contributed by atoms with van der Waals surface area (Å²) in [7, 11) is 0. The molecule has 28 heavy (non-hydrogen) atoms. The Morgan fingerprint density at radius 2 is 1.93 bits per heavy atom. The summed E-state index contributed by atoms with van der Waals surface area (Å²) in [5.41, 5.74) is 1.65. The number of hydrogen-bond donors (Lipinski definition) is 1. The van der Waals surface area contributed by atoms with Crippen molar-refractivity contribution in [3.05, 3.63) is 65.0 Å². The number of nitrogens with one attached hydrogen (secondary N) is 1. The third kappa shape index (κ3) is 4.09. The van der Waals surface area contributed by atoms with Gasteiger partial charge in [-0.25, -0.2) is 4.98 Å². The summed E-state index contributed by atoms with van der Waals surface area (Å²) < 4.78 is 5.01. The zero-order valence-corrected chi connectivity index (χ0v) is 16.2. The molecule has 144 valence electrons. The van der Waals surface area contributed by atoms with Crippen molar-refractivity contribution in [1.82, 2.24) is 15.0 Å². The first-order chi connectivity index (χ1) is 13.6. The highest BCUT2D eigenvalue weighted by Crippen LogP contribution is 2.21. The summed E-state index contributed by atoms with van der Waals surface area (Å²) in [6.45, 7) is 4.67. The molecule has 3 aromatic rings. The number of aryl methyl sites for hydroxylation is 1. The largest absolute Gasteiger partial charge is 0.368 e. The second-order valence-electron chi connectivity index (χ2n) is 6.64. The predicted octanol–water partition coefficient (Wildman–Crippen LogP) is 3.74. The van der Waals surface area contributed by atoms with Crippen LogP contribution in [-0.2, 0) is 0 Å². The molecule has 1 N–H and O–H groups in total. The van der Waals surface area contributed by atoms with Gasteiger partial charge >= 0.3 is 0 Å². The highest BCUT2D eigenvalue weighted by atomic mass is 35.5. The minimum Gasteiger partial charge on any atom is -0.368 e. The quantitative estimate of drug-likeness (QED) is 0.722. The number of rotatable bonds is 4. The van der Waals surface area contributed by atoms with E-state index in [1.165, 1.54) is 0 Å². The maximum atomic E-state index is 12.8. The minimum atomic E-state index is -0.0120. The van der Waals surface area contributed by atoms with E-state index in [4.69, 9.17) is 16.1 Å². The first-order valence-electron chi connectivity index (χ1n) is 9.05. The number of anilines is 3. The number of carbonyl (C=O) groups is 1. The first kappa shape index (κ1) is 18.3. The Bertz CT molecular complexity index is 965. The average Bonchev–Trinajstić information content (AvgIpc) is 3.13. The number of pyridine rings is 1. The predicted molar refractivity (Wildman–Crippen MR) is 108 cm³/mol. The van der Waals surface area contributed by atoms with Crippen LogP contribution in [0.4, 0.5) is 17.3 Å².